The summed E-state index contributed by atoms with van der Waals surface area (Å²) in [5.74, 6) is 1.60. The third kappa shape index (κ3) is 2.42. The number of benzene rings is 1. The van der Waals surface area contributed by atoms with Crippen molar-refractivity contribution < 1.29 is 9.26 Å². The summed E-state index contributed by atoms with van der Waals surface area (Å²) in [5.41, 5.74) is 1.46. The minimum atomic E-state index is 0.427. The molecule has 0 N–H and O–H groups in total. The Morgan fingerprint density at radius 1 is 1.20 bits per heavy atom. The average molecular weight is 332 g/mol. The highest BCUT2D eigenvalue weighted by Gasteiger charge is 2.12. The van der Waals surface area contributed by atoms with Crippen molar-refractivity contribution in [1.29, 1.82) is 0 Å². The largest absolute Gasteiger partial charge is 0.496 e. The van der Waals surface area contributed by atoms with Gasteiger partial charge in [-0.15, -0.1) is 0 Å². The fraction of sp³-hybridized carbons (Fsp3) is 0.0714. The first kappa shape index (κ1) is 12.8. The molecule has 5 nitrogen and oxygen atoms in total. The summed E-state index contributed by atoms with van der Waals surface area (Å²) in [6, 6.07) is 11.1. The van der Waals surface area contributed by atoms with Crippen molar-refractivity contribution in [2.45, 2.75) is 0 Å². The van der Waals surface area contributed by atoms with Crippen molar-refractivity contribution in [3.8, 4) is 28.7 Å². The zero-order valence-electron chi connectivity index (χ0n) is 10.6. The van der Waals surface area contributed by atoms with Crippen LogP contribution in [0.3, 0.4) is 0 Å². The lowest BCUT2D eigenvalue weighted by molar-refractivity contribution is 0.410. The van der Waals surface area contributed by atoms with Crippen LogP contribution in [0.15, 0.2) is 51.6 Å². The zero-order valence-corrected chi connectivity index (χ0v) is 12.2. The molecule has 2 heterocycles. The SMILES string of the molecule is COc1cc(-c2nc(-c3ccccn3)no2)ccc1Br. The number of pyridine rings is 1. The second kappa shape index (κ2) is 5.42. The first-order valence-corrected chi connectivity index (χ1v) is 6.66. The Bertz CT molecular complexity index is 728. The van der Waals surface area contributed by atoms with Crippen LogP contribution < -0.4 is 4.74 Å². The minimum absolute atomic E-state index is 0.427. The number of nitrogens with zero attached hydrogens (tertiary/aromatic N) is 3. The number of rotatable bonds is 3. The maximum Gasteiger partial charge on any atom is 0.258 e. The van der Waals surface area contributed by atoms with E-state index in [-0.39, 0.29) is 0 Å². The van der Waals surface area contributed by atoms with Crippen molar-refractivity contribution in [1.82, 2.24) is 15.1 Å². The molecular weight excluding hydrogens is 322 g/mol. The molecule has 0 saturated carbocycles. The van der Waals surface area contributed by atoms with Crippen molar-refractivity contribution in [2.24, 2.45) is 0 Å². The average Bonchev–Trinajstić information content (AvgIpc) is 2.98. The van der Waals surface area contributed by atoms with Crippen molar-refractivity contribution in [3.63, 3.8) is 0 Å². The van der Waals surface area contributed by atoms with Crippen LogP contribution in [-0.4, -0.2) is 22.2 Å². The van der Waals surface area contributed by atoms with E-state index in [4.69, 9.17) is 9.26 Å². The molecule has 0 aliphatic carbocycles. The van der Waals surface area contributed by atoms with Crippen molar-refractivity contribution in [2.75, 3.05) is 7.11 Å². The summed E-state index contributed by atoms with van der Waals surface area (Å²) < 4.78 is 11.4. The number of hydrogen-bond acceptors (Lipinski definition) is 5. The maximum atomic E-state index is 5.27. The number of hydrogen-bond donors (Lipinski definition) is 0. The van der Waals surface area contributed by atoms with Gasteiger partial charge in [-0.25, -0.2) is 0 Å². The van der Waals surface area contributed by atoms with Gasteiger partial charge in [0.15, 0.2) is 0 Å². The molecule has 0 saturated heterocycles. The highest BCUT2D eigenvalue weighted by molar-refractivity contribution is 9.10. The summed E-state index contributed by atoms with van der Waals surface area (Å²) >= 11 is 3.40. The summed E-state index contributed by atoms with van der Waals surface area (Å²) in [6.07, 6.45) is 1.69. The summed E-state index contributed by atoms with van der Waals surface area (Å²) in [4.78, 5) is 8.53. The molecular formula is C14H10BrN3O2. The molecule has 3 rings (SSSR count). The summed E-state index contributed by atoms with van der Waals surface area (Å²) in [5, 5.41) is 3.94. The fourth-order valence-electron chi connectivity index (χ4n) is 1.73. The van der Waals surface area contributed by atoms with Gasteiger partial charge in [0.2, 0.25) is 5.82 Å². The number of aromatic nitrogens is 3. The molecule has 0 fully saturated rings. The van der Waals surface area contributed by atoms with Crippen molar-refractivity contribution in [3.05, 3.63) is 47.1 Å². The molecule has 0 unspecified atom stereocenters. The maximum absolute atomic E-state index is 5.27. The Labute approximate surface area is 123 Å². The standard InChI is InChI=1S/C14H10BrN3O2/c1-19-12-8-9(5-6-10(12)15)14-17-13(18-20-14)11-4-2-3-7-16-11/h2-8H,1H3. The van der Waals surface area contributed by atoms with E-state index in [9.17, 15) is 0 Å². The Kier molecular flexibility index (Phi) is 3.47. The minimum Gasteiger partial charge on any atom is -0.496 e. The van der Waals surface area contributed by atoms with Gasteiger partial charge in [-0.3, -0.25) is 4.98 Å². The molecule has 20 heavy (non-hydrogen) atoms. The molecule has 0 aliphatic rings. The molecule has 2 aromatic heterocycles. The van der Waals surface area contributed by atoms with Crippen LogP contribution in [0.5, 0.6) is 5.75 Å². The fourth-order valence-corrected chi connectivity index (χ4v) is 2.14. The van der Waals surface area contributed by atoms with E-state index in [2.05, 4.69) is 31.1 Å². The van der Waals surface area contributed by atoms with Crippen molar-refractivity contribution >= 4 is 15.9 Å². The van der Waals surface area contributed by atoms with Gasteiger partial charge in [0, 0.05) is 11.8 Å². The second-order valence-electron chi connectivity index (χ2n) is 3.99. The predicted molar refractivity (Wildman–Crippen MR) is 77.2 cm³/mol. The van der Waals surface area contributed by atoms with Crippen LogP contribution in [0.1, 0.15) is 0 Å². The topological polar surface area (TPSA) is 61.0 Å². The lowest BCUT2D eigenvalue weighted by Gasteiger charge is -2.03. The molecule has 1 aromatic carbocycles. The quantitative estimate of drug-likeness (QED) is 0.734. The zero-order chi connectivity index (χ0) is 13.9. The van der Waals surface area contributed by atoms with Gasteiger partial charge in [0.25, 0.3) is 5.89 Å². The Hall–Kier alpha value is -2.21. The molecule has 0 bridgehead atoms. The Morgan fingerprint density at radius 2 is 2.10 bits per heavy atom. The highest BCUT2D eigenvalue weighted by Crippen LogP contribution is 2.30. The van der Waals surface area contributed by atoms with Gasteiger partial charge in [-0.2, -0.15) is 4.98 Å². The normalized spacial score (nSPS) is 10.5. The molecule has 100 valence electrons. The Morgan fingerprint density at radius 3 is 2.85 bits per heavy atom. The van der Waals surface area contributed by atoms with Gasteiger partial charge < -0.3 is 9.26 Å². The summed E-state index contributed by atoms with van der Waals surface area (Å²) in [7, 11) is 1.61. The van der Waals surface area contributed by atoms with Gasteiger partial charge in [-0.05, 0) is 46.3 Å². The predicted octanol–water partition coefficient (Wildman–Crippen LogP) is 3.57. The number of ether oxygens (including phenoxy) is 1. The third-order valence-corrected chi connectivity index (χ3v) is 3.37. The molecule has 0 amide bonds. The van der Waals surface area contributed by atoms with Gasteiger partial charge >= 0.3 is 0 Å². The van der Waals surface area contributed by atoms with Crippen LogP contribution in [0.25, 0.3) is 23.0 Å². The molecule has 0 atom stereocenters. The van der Waals surface area contributed by atoms with Crippen LogP contribution in [0.2, 0.25) is 0 Å². The van der Waals surface area contributed by atoms with Gasteiger partial charge in [0.1, 0.15) is 11.4 Å². The van der Waals surface area contributed by atoms with E-state index < -0.39 is 0 Å². The van der Waals surface area contributed by atoms with E-state index in [1.807, 2.05) is 36.4 Å². The molecule has 0 spiro atoms. The smallest absolute Gasteiger partial charge is 0.258 e. The van der Waals surface area contributed by atoms with E-state index in [0.29, 0.717) is 23.2 Å². The van der Waals surface area contributed by atoms with Crippen LogP contribution in [0, 0.1) is 0 Å². The Balaban J connectivity index is 1.98. The van der Waals surface area contributed by atoms with E-state index in [1.54, 1.807) is 13.3 Å². The van der Waals surface area contributed by atoms with Crippen LogP contribution in [-0.2, 0) is 0 Å². The lowest BCUT2D eigenvalue weighted by Crippen LogP contribution is -1.86. The molecule has 0 aliphatic heterocycles. The third-order valence-electron chi connectivity index (χ3n) is 2.72. The molecule has 3 aromatic rings. The first-order valence-electron chi connectivity index (χ1n) is 5.87. The second-order valence-corrected chi connectivity index (χ2v) is 4.84. The summed E-state index contributed by atoms with van der Waals surface area (Å²) in [6.45, 7) is 0. The highest BCUT2D eigenvalue weighted by atomic mass is 79.9. The number of halogens is 1. The van der Waals surface area contributed by atoms with Gasteiger partial charge in [-0.1, -0.05) is 11.2 Å². The van der Waals surface area contributed by atoms with E-state index >= 15 is 0 Å². The lowest BCUT2D eigenvalue weighted by atomic mass is 10.2. The van der Waals surface area contributed by atoms with E-state index in [1.165, 1.54) is 0 Å². The van der Waals surface area contributed by atoms with Gasteiger partial charge in [0.05, 0.1) is 11.6 Å². The van der Waals surface area contributed by atoms with Crippen LogP contribution >= 0.6 is 15.9 Å². The number of methoxy groups -OCH3 is 1. The molecule has 6 heteroatoms. The van der Waals surface area contributed by atoms with E-state index in [0.717, 1.165) is 10.0 Å². The molecule has 0 radical (unpaired) electrons. The first-order chi connectivity index (χ1) is 9.78. The van der Waals surface area contributed by atoms with Crippen LogP contribution in [0.4, 0.5) is 0 Å². The monoisotopic (exact) mass is 331 g/mol.